The van der Waals surface area contributed by atoms with E-state index in [1.165, 1.54) is 5.56 Å². The van der Waals surface area contributed by atoms with Gasteiger partial charge in [0.15, 0.2) is 0 Å². The Hall–Kier alpha value is -1.54. The molecule has 0 saturated carbocycles. The smallest absolute Gasteiger partial charge is 0.138 e. The number of pyridine rings is 1. The van der Waals surface area contributed by atoms with E-state index in [0.717, 1.165) is 11.3 Å². The molecule has 1 aromatic heterocycles. The summed E-state index contributed by atoms with van der Waals surface area (Å²) in [7, 11) is 0. The molecule has 0 spiro atoms. The summed E-state index contributed by atoms with van der Waals surface area (Å²) < 4.78 is 5.70. The van der Waals surface area contributed by atoms with E-state index in [0.29, 0.717) is 17.5 Å². The lowest BCUT2D eigenvalue weighted by Crippen LogP contribution is -1.97. The van der Waals surface area contributed by atoms with Crippen LogP contribution in [0.5, 0.6) is 5.75 Å². The second-order valence-electron chi connectivity index (χ2n) is 4.49. The van der Waals surface area contributed by atoms with Gasteiger partial charge < -0.3 is 4.74 Å². The molecule has 2 rings (SSSR count). The third-order valence-corrected chi connectivity index (χ3v) is 3.06. The lowest BCUT2D eigenvalue weighted by Gasteiger charge is -2.11. The van der Waals surface area contributed by atoms with E-state index in [2.05, 4.69) is 24.9 Å². The van der Waals surface area contributed by atoms with Crippen LogP contribution in [0, 0.1) is 0 Å². The second kappa shape index (κ2) is 5.87. The van der Waals surface area contributed by atoms with Crippen LogP contribution in [0.3, 0.4) is 0 Å². The molecule has 0 saturated heterocycles. The maximum absolute atomic E-state index is 6.20. The van der Waals surface area contributed by atoms with Gasteiger partial charge in [-0.2, -0.15) is 0 Å². The maximum atomic E-state index is 6.20. The van der Waals surface area contributed by atoms with Crippen molar-refractivity contribution in [2.75, 3.05) is 0 Å². The molecule has 3 heteroatoms. The van der Waals surface area contributed by atoms with Crippen LogP contribution in [0.4, 0.5) is 0 Å². The maximum Gasteiger partial charge on any atom is 0.138 e. The van der Waals surface area contributed by atoms with Crippen LogP contribution in [-0.2, 0) is 6.61 Å². The van der Waals surface area contributed by atoms with Crippen molar-refractivity contribution < 1.29 is 4.74 Å². The van der Waals surface area contributed by atoms with Gasteiger partial charge in [-0.3, -0.25) is 4.98 Å². The number of halogens is 1. The molecule has 0 aliphatic rings. The topological polar surface area (TPSA) is 22.1 Å². The molecule has 0 aliphatic heterocycles. The van der Waals surface area contributed by atoms with Crippen LogP contribution in [0.2, 0.25) is 5.02 Å². The molecule has 0 radical (unpaired) electrons. The Balaban J connectivity index is 2.06. The molecule has 1 aromatic carbocycles. The molecule has 0 unspecified atom stereocenters. The second-order valence-corrected chi connectivity index (χ2v) is 4.90. The zero-order valence-corrected chi connectivity index (χ0v) is 11.3. The van der Waals surface area contributed by atoms with Crippen molar-refractivity contribution in [3.63, 3.8) is 0 Å². The van der Waals surface area contributed by atoms with E-state index in [-0.39, 0.29) is 0 Å². The SMILES string of the molecule is CC(C)c1ccc(OCc2ccncc2)c(Cl)c1. The zero-order valence-electron chi connectivity index (χ0n) is 10.6. The lowest BCUT2D eigenvalue weighted by molar-refractivity contribution is 0.306. The molecule has 0 amide bonds. The molecule has 18 heavy (non-hydrogen) atoms. The van der Waals surface area contributed by atoms with E-state index in [1.54, 1.807) is 12.4 Å². The molecule has 2 nitrogen and oxygen atoms in total. The summed E-state index contributed by atoms with van der Waals surface area (Å²) in [4.78, 5) is 3.97. The summed E-state index contributed by atoms with van der Waals surface area (Å²) in [6, 6.07) is 9.80. The minimum Gasteiger partial charge on any atom is -0.487 e. The fourth-order valence-electron chi connectivity index (χ4n) is 1.63. The van der Waals surface area contributed by atoms with Crippen molar-refractivity contribution in [2.45, 2.75) is 26.4 Å². The molecule has 0 fully saturated rings. The quantitative estimate of drug-likeness (QED) is 0.812. The summed E-state index contributed by atoms with van der Waals surface area (Å²) in [6.45, 7) is 4.79. The third kappa shape index (κ3) is 3.23. The Kier molecular flexibility index (Phi) is 4.21. The highest BCUT2D eigenvalue weighted by atomic mass is 35.5. The molecule has 0 N–H and O–H groups in total. The van der Waals surface area contributed by atoms with Crippen LogP contribution < -0.4 is 4.74 Å². The van der Waals surface area contributed by atoms with E-state index in [4.69, 9.17) is 16.3 Å². The standard InChI is InChI=1S/C15H16ClNO/c1-11(2)13-3-4-15(14(16)9-13)18-10-12-5-7-17-8-6-12/h3-9,11H,10H2,1-2H3. The van der Waals surface area contributed by atoms with Gasteiger partial charge in [-0.15, -0.1) is 0 Å². The average molecular weight is 262 g/mol. The largest absolute Gasteiger partial charge is 0.487 e. The normalized spacial score (nSPS) is 10.7. The van der Waals surface area contributed by atoms with Crippen molar-refractivity contribution in [2.24, 2.45) is 0 Å². The van der Waals surface area contributed by atoms with Gasteiger partial charge in [-0.05, 0) is 41.3 Å². The minimum atomic E-state index is 0.469. The number of rotatable bonds is 4. The predicted octanol–water partition coefficient (Wildman–Crippen LogP) is 4.44. The van der Waals surface area contributed by atoms with E-state index < -0.39 is 0 Å². The Bertz CT molecular complexity index is 511. The summed E-state index contributed by atoms with van der Waals surface area (Å²) >= 11 is 6.20. The average Bonchev–Trinajstić information content (AvgIpc) is 2.38. The van der Waals surface area contributed by atoms with E-state index in [9.17, 15) is 0 Å². The minimum absolute atomic E-state index is 0.469. The summed E-state index contributed by atoms with van der Waals surface area (Å²) in [5, 5.41) is 0.662. The van der Waals surface area contributed by atoms with E-state index >= 15 is 0 Å². The highest BCUT2D eigenvalue weighted by Crippen LogP contribution is 2.28. The van der Waals surface area contributed by atoms with Crippen LogP contribution in [-0.4, -0.2) is 4.98 Å². The summed E-state index contributed by atoms with van der Waals surface area (Å²) in [5.41, 5.74) is 2.30. The predicted molar refractivity (Wildman–Crippen MR) is 74.1 cm³/mol. The molecule has 94 valence electrons. The highest BCUT2D eigenvalue weighted by molar-refractivity contribution is 6.32. The molecule has 0 atom stereocenters. The van der Waals surface area contributed by atoms with Gasteiger partial charge in [-0.1, -0.05) is 31.5 Å². The van der Waals surface area contributed by atoms with Crippen LogP contribution in [0.15, 0.2) is 42.7 Å². The monoisotopic (exact) mass is 261 g/mol. The lowest BCUT2D eigenvalue weighted by atomic mass is 10.0. The van der Waals surface area contributed by atoms with Gasteiger partial charge in [0.05, 0.1) is 5.02 Å². The van der Waals surface area contributed by atoms with Crippen LogP contribution in [0.1, 0.15) is 30.9 Å². The van der Waals surface area contributed by atoms with Gasteiger partial charge >= 0.3 is 0 Å². The molecule has 0 aliphatic carbocycles. The van der Waals surface area contributed by atoms with Gasteiger partial charge in [0.2, 0.25) is 0 Å². The summed E-state index contributed by atoms with van der Waals surface area (Å²) in [6.07, 6.45) is 3.50. The molecule has 2 aromatic rings. The van der Waals surface area contributed by atoms with Gasteiger partial charge in [0.25, 0.3) is 0 Å². The van der Waals surface area contributed by atoms with Gasteiger partial charge in [0.1, 0.15) is 12.4 Å². The fourth-order valence-corrected chi connectivity index (χ4v) is 1.88. The molecular weight excluding hydrogens is 246 g/mol. The number of ether oxygens (including phenoxy) is 1. The number of aromatic nitrogens is 1. The third-order valence-electron chi connectivity index (χ3n) is 2.77. The van der Waals surface area contributed by atoms with E-state index in [1.807, 2.05) is 24.3 Å². The van der Waals surface area contributed by atoms with Crippen molar-refractivity contribution in [3.05, 3.63) is 58.9 Å². The Morgan fingerprint density at radius 3 is 2.50 bits per heavy atom. The van der Waals surface area contributed by atoms with Crippen molar-refractivity contribution in [1.29, 1.82) is 0 Å². The first-order chi connectivity index (χ1) is 8.66. The van der Waals surface area contributed by atoms with Crippen LogP contribution in [0.25, 0.3) is 0 Å². The van der Waals surface area contributed by atoms with Crippen LogP contribution >= 0.6 is 11.6 Å². The highest BCUT2D eigenvalue weighted by Gasteiger charge is 2.05. The van der Waals surface area contributed by atoms with Crippen molar-refractivity contribution in [3.8, 4) is 5.75 Å². The fraction of sp³-hybridized carbons (Fsp3) is 0.267. The van der Waals surface area contributed by atoms with Crippen molar-refractivity contribution >= 4 is 11.6 Å². The first-order valence-corrected chi connectivity index (χ1v) is 6.36. The number of nitrogens with zero attached hydrogens (tertiary/aromatic N) is 1. The first kappa shape index (κ1) is 12.9. The summed E-state index contributed by atoms with van der Waals surface area (Å²) in [5.74, 6) is 1.19. The number of hydrogen-bond donors (Lipinski definition) is 0. The van der Waals surface area contributed by atoms with Crippen molar-refractivity contribution in [1.82, 2.24) is 4.98 Å². The number of hydrogen-bond acceptors (Lipinski definition) is 2. The Morgan fingerprint density at radius 2 is 1.89 bits per heavy atom. The first-order valence-electron chi connectivity index (χ1n) is 5.98. The Labute approximate surface area is 113 Å². The Morgan fingerprint density at radius 1 is 1.17 bits per heavy atom. The molecule has 0 bridgehead atoms. The number of benzene rings is 1. The van der Waals surface area contributed by atoms with Gasteiger partial charge in [0, 0.05) is 12.4 Å². The zero-order chi connectivity index (χ0) is 13.0. The molecular formula is C15H16ClNO. The molecule has 1 heterocycles. The van der Waals surface area contributed by atoms with Gasteiger partial charge in [-0.25, -0.2) is 0 Å².